The van der Waals surface area contributed by atoms with Crippen LogP contribution in [0.15, 0.2) is 6.07 Å². The number of hydrogen-bond acceptors (Lipinski definition) is 5. The predicted octanol–water partition coefficient (Wildman–Crippen LogP) is 0.982. The minimum absolute atomic E-state index is 0.0168. The van der Waals surface area contributed by atoms with Crippen LogP contribution in [0.2, 0.25) is 5.15 Å². The van der Waals surface area contributed by atoms with Crippen LogP contribution in [0.3, 0.4) is 0 Å². The molecule has 1 aliphatic rings. The molecule has 0 radical (unpaired) electrons. The molecule has 3 N–H and O–H groups in total. The summed E-state index contributed by atoms with van der Waals surface area (Å²) < 4.78 is 0. The first-order chi connectivity index (χ1) is 8.08. The summed E-state index contributed by atoms with van der Waals surface area (Å²) in [5, 5.41) is 22.4. The lowest BCUT2D eigenvalue weighted by Crippen LogP contribution is -2.17. The van der Waals surface area contributed by atoms with E-state index in [-0.39, 0.29) is 18.6 Å². The Labute approximate surface area is 105 Å². The fourth-order valence-electron chi connectivity index (χ4n) is 2.23. The third kappa shape index (κ3) is 3.06. The predicted molar refractivity (Wildman–Crippen MR) is 65.0 cm³/mol. The zero-order valence-corrected chi connectivity index (χ0v) is 10.4. The Morgan fingerprint density at radius 1 is 1.47 bits per heavy atom. The summed E-state index contributed by atoms with van der Waals surface area (Å²) in [6.07, 6.45) is 0.903. The number of anilines is 1. The second-order valence-electron chi connectivity index (χ2n) is 4.45. The lowest BCUT2D eigenvalue weighted by Gasteiger charge is -2.13. The summed E-state index contributed by atoms with van der Waals surface area (Å²) in [6.45, 7) is 1.79. The summed E-state index contributed by atoms with van der Waals surface area (Å²) in [4.78, 5) is 8.20. The van der Waals surface area contributed by atoms with E-state index in [4.69, 9.17) is 16.7 Å². The molecule has 0 bridgehead atoms. The first kappa shape index (κ1) is 12.5. The number of aliphatic hydroxyl groups is 2. The van der Waals surface area contributed by atoms with E-state index in [0.29, 0.717) is 23.2 Å². The highest BCUT2D eigenvalue weighted by Gasteiger charge is 2.32. The zero-order valence-electron chi connectivity index (χ0n) is 9.60. The number of aromatic nitrogens is 2. The van der Waals surface area contributed by atoms with Gasteiger partial charge < -0.3 is 15.5 Å². The molecule has 5 nitrogen and oxygen atoms in total. The highest BCUT2D eigenvalue weighted by molar-refractivity contribution is 6.29. The van der Waals surface area contributed by atoms with E-state index in [1.165, 1.54) is 0 Å². The Hall–Kier alpha value is -0.910. The van der Waals surface area contributed by atoms with Gasteiger partial charge in [0, 0.05) is 24.6 Å². The van der Waals surface area contributed by atoms with Crippen LogP contribution in [0.1, 0.15) is 18.7 Å². The summed E-state index contributed by atoms with van der Waals surface area (Å²) in [5.41, 5.74) is 0. The maximum atomic E-state index is 9.69. The van der Waals surface area contributed by atoms with E-state index in [1.807, 2.05) is 0 Å². The Kier molecular flexibility index (Phi) is 3.81. The molecule has 0 aromatic carbocycles. The van der Waals surface area contributed by atoms with Gasteiger partial charge in [0.1, 0.15) is 16.8 Å². The monoisotopic (exact) mass is 257 g/mol. The Balaban J connectivity index is 2.02. The van der Waals surface area contributed by atoms with Crippen molar-refractivity contribution >= 4 is 17.4 Å². The number of aryl methyl sites for hydroxylation is 1. The largest absolute Gasteiger partial charge is 0.396 e. The third-order valence-electron chi connectivity index (χ3n) is 3.05. The van der Waals surface area contributed by atoms with Crippen molar-refractivity contribution < 1.29 is 10.2 Å². The second kappa shape index (κ2) is 5.16. The van der Waals surface area contributed by atoms with E-state index in [2.05, 4.69) is 15.3 Å². The average Bonchev–Trinajstić information content (AvgIpc) is 2.57. The van der Waals surface area contributed by atoms with Gasteiger partial charge in [-0.15, -0.1) is 0 Å². The summed E-state index contributed by atoms with van der Waals surface area (Å²) >= 11 is 5.84. The van der Waals surface area contributed by atoms with Crippen LogP contribution in [0.25, 0.3) is 0 Å². The molecule has 17 heavy (non-hydrogen) atoms. The van der Waals surface area contributed by atoms with Gasteiger partial charge in [-0.3, -0.25) is 0 Å². The van der Waals surface area contributed by atoms with Crippen molar-refractivity contribution in [2.75, 3.05) is 11.9 Å². The molecular weight excluding hydrogens is 242 g/mol. The Morgan fingerprint density at radius 2 is 2.24 bits per heavy atom. The first-order valence-corrected chi connectivity index (χ1v) is 6.03. The van der Waals surface area contributed by atoms with Gasteiger partial charge >= 0.3 is 0 Å². The van der Waals surface area contributed by atoms with Crippen LogP contribution >= 0.6 is 11.6 Å². The van der Waals surface area contributed by atoms with E-state index in [1.54, 1.807) is 13.0 Å². The van der Waals surface area contributed by atoms with Gasteiger partial charge in [0.05, 0.1) is 6.10 Å². The molecule has 3 atom stereocenters. The van der Waals surface area contributed by atoms with Crippen molar-refractivity contribution in [1.82, 2.24) is 9.97 Å². The summed E-state index contributed by atoms with van der Waals surface area (Å²) in [5.74, 6) is 1.22. The molecule has 0 aliphatic heterocycles. The average molecular weight is 258 g/mol. The molecule has 0 spiro atoms. The van der Waals surface area contributed by atoms with Gasteiger partial charge in [-0.1, -0.05) is 11.6 Å². The van der Waals surface area contributed by atoms with Gasteiger partial charge in [0.25, 0.3) is 0 Å². The van der Waals surface area contributed by atoms with Crippen molar-refractivity contribution in [1.29, 1.82) is 0 Å². The number of hydrogen-bond donors (Lipinski definition) is 3. The van der Waals surface area contributed by atoms with Crippen LogP contribution in [-0.4, -0.2) is 38.9 Å². The molecule has 2 rings (SSSR count). The number of nitrogens with one attached hydrogen (secondary N) is 1. The highest BCUT2D eigenvalue weighted by Crippen LogP contribution is 2.28. The second-order valence-corrected chi connectivity index (χ2v) is 4.83. The quantitative estimate of drug-likeness (QED) is 0.704. The maximum Gasteiger partial charge on any atom is 0.134 e. The molecule has 1 heterocycles. The zero-order chi connectivity index (χ0) is 12.4. The summed E-state index contributed by atoms with van der Waals surface area (Å²) in [6, 6.07) is 1.78. The minimum Gasteiger partial charge on any atom is -0.396 e. The van der Waals surface area contributed by atoms with E-state index < -0.39 is 6.10 Å². The molecule has 0 amide bonds. The van der Waals surface area contributed by atoms with E-state index >= 15 is 0 Å². The van der Waals surface area contributed by atoms with Crippen molar-refractivity contribution in [3.05, 3.63) is 17.0 Å². The van der Waals surface area contributed by atoms with Crippen LogP contribution in [-0.2, 0) is 0 Å². The first-order valence-electron chi connectivity index (χ1n) is 5.65. The number of halogens is 1. The molecular formula is C11H16ClN3O2. The standard InChI is InChI=1S/C11H16ClN3O2/c1-6-13-10(12)4-11(14-6)15-8-2-7(5-16)9(17)3-8/h4,7-9,16-17H,2-3,5H2,1H3,(H,13,14,15)/t7-,8-,9+/m1/s1. The maximum absolute atomic E-state index is 9.69. The highest BCUT2D eigenvalue weighted by atomic mass is 35.5. The number of rotatable bonds is 3. The minimum atomic E-state index is -0.448. The number of aliphatic hydroxyl groups excluding tert-OH is 2. The van der Waals surface area contributed by atoms with Crippen molar-refractivity contribution in [2.45, 2.75) is 31.9 Å². The Bertz CT molecular complexity index is 382. The lowest BCUT2D eigenvalue weighted by atomic mass is 10.1. The van der Waals surface area contributed by atoms with Crippen molar-refractivity contribution in [3.8, 4) is 0 Å². The third-order valence-corrected chi connectivity index (χ3v) is 3.24. The van der Waals surface area contributed by atoms with E-state index in [0.717, 1.165) is 6.42 Å². The van der Waals surface area contributed by atoms with Crippen molar-refractivity contribution in [2.24, 2.45) is 5.92 Å². The normalized spacial score (nSPS) is 28.4. The van der Waals surface area contributed by atoms with Crippen LogP contribution < -0.4 is 5.32 Å². The molecule has 6 heteroatoms. The van der Waals surface area contributed by atoms with E-state index in [9.17, 15) is 5.11 Å². The molecule has 1 aromatic heterocycles. The van der Waals surface area contributed by atoms with Crippen LogP contribution in [0.4, 0.5) is 5.82 Å². The van der Waals surface area contributed by atoms with Gasteiger partial charge in [0.15, 0.2) is 0 Å². The van der Waals surface area contributed by atoms with Crippen LogP contribution in [0, 0.1) is 12.8 Å². The van der Waals surface area contributed by atoms with Gasteiger partial charge in [-0.05, 0) is 19.8 Å². The molecule has 94 valence electrons. The molecule has 1 fully saturated rings. The van der Waals surface area contributed by atoms with Crippen molar-refractivity contribution in [3.63, 3.8) is 0 Å². The molecule has 1 aromatic rings. The fraction of sp³-hybridized carbons (Fsp3) is 0.636. The van der Waals surface area contributed by atoms with Gasteiger partial charge in [-0.25, -0.2) is 9.97 Å². The van der Waals surface area contributed by atoms with Crippen LogP contribution in [0.5, 0.6) is 0 Å². The molecule has 0 saturated heterocycles. The molecule has 1 aliphatic carbocycles. The molecule has 0 unspecified atom stereocenters. The van der Waals surface area contributed by atoms with Gasteiger partial charge in [0.2, 0.25) is 0 Å². The smallest absolute Gasteiger partial charge is 0.134 e. The summed E-state index contributed by atoms with van der Waals surface area (Å²) in [7, 11) is 0. The topological polar surface area (TPSA) is 78.3 Å². The Morgan fingerprint density at radius 3 is 2.82 bits per heavy atom. The fourth-order valence-corrected chi connectivity index (χ4v) is 2.46. The van der Waals surface area contributed by atoms with Gasteiger partial charge in [-0.2, -0.15) is 0 Å². The lowest BCUT2D eigenvalue weighted by molar-refractivity contribution is 0.0908. The molecule has 1 saturated carbocycles. The number of nitrogens with zero attached hydrogens (tertiary/aromatic N) is 2. The SMILES string of the molecule is Cc1nc(Cl)cc(N[C@@H]2C[C@H](CO)[C@@H](O)C2)n1.